The highest BCUT2D eigenvalue weighted by Gasteiger charge is 2.48. The molecule has 2 rings (SSSR count). The highest BCUT2D eigenvalue weighted by atomic mass is 32.2. The molecule has 0 bridgehead atoms. The maximum Gasteiger partial charge on any atom is 0.289 e. The highest BCUT2D eigenvalue weighted by molar-refractivity contribution is 7.87. The lowest BCUT2D eigenvalue weighted by molar-refractivity contribution is 0.429. The molecule has 0 spiro atoms. The standard InChI is InChI=1S/C12H17NO3S/c1-4-13-11-6-5-9(2)7-10(11)8-12(13,3)17(14,15)16/h5-7H,4,8H2,1-3H3,(H,14,15,16). The van der Waals surface area contributed by atoms with Gasteiger partial charge in [0.05, 0.1) is 0 Å². The van der Waals surface area contributed by atoms with Gasteiger partial charge in [-0.05, 0) is 32.4 Å². The van der Waals surface area contributed by atoms with E-state index < -0.39 is 15.0 Å². The van der Waals surface area contributed by atoms with Crippen LogP contribution in [0.3, 0.4) is 0 Å². The summed E-state index contributed by atoms with van der Waals surface area (Å²) >= 11 is 0. The van der Waals surface area contributed by atoms with Crippen molar-refractivity contribution >= 4 is 15.8 Å². The first-order valence-electron chi connectivity index (χ1n) is 5.64. The van der Waals surface area contributed by atoms with Gasteiger partial charge in [0.15, 0.2) is 4.87 Å². The molecule has 1 aromatic rings. The van der Waals surface area contributed by atoms with Crippen LogP contribution in [0.5, 0.6) is 0 Å². The minimum atomic E-state index is -4.12. The first-order valence-corrected chi connectivity index (χ1v) is 7.08. The number of likely N-dealkylation sites (N-methyl/N-ethyl adjacent to an activating group) is 1. The van der Waals surface area contributed by atoms with Gasteiger partial charge in [-0.25, -0.2) is 0 Å². The second kappa shape index (κ2) is 3.71. The Balaban J connectivity index is 2.59. The average molecular weight is 255 g/mol. The van der Waals surface area contributed by atoms with Crippen molar-refractivity contribution in [2.75, 3.05) is 11.4 Å². The van der Waals surface area contributed by atoms with E-state index in [4.69, 9.17) is 0 Å². The third kappa shape index (κ3) is 1.73. The van der Waals surface area contributed by atoms with E-state index in [2.05, 4.69) is 0 Å². The van der Waals surface area contributed by atoms with Crippen molar-refractivity contribution in [3.8, 4) is 0 Å². The van der Waals surface area contributed by atoms with Crippen LogP contribution in [0.4, 0.5) is 5.69 Å². The van der Waals surface area contributed by atoms with Crippen molar-refractivity contribution in [2.24, 2.45) is 0 Å². The number of rotatable bonds is 2. The van der Waals surface area contributed by atoms with Crippen molar-refractivity contribution in [2.45, 2.75) is 32.1 Å². The summed E-state index contributed by atoms with van der Waals surface area (Å²) in [5.74, 6) is 0. The molecule has 0 fully saturated rings. The second-order valence-corrected chi connectivity index (χ2v) is 6.53. The SMILES string of the molecule is CCN1c2ccc(C)cc2CC1(C)S(=O)(=O)O. The predicted octanol–water partition coefficient (Wildman–Crippen LogP) is 1.98. The Morgan fingerprint density at radius 3 is 2.65 bits per heavy atom. The summed E-state index contributed by atoms with van der Waals surface area (Å²) in [5.41, 5.74) is 2.98. The normalized spacial score (nSPS) is 23.9. The van der Waals surface area contributed by atoms with E-state index in [0.29, 0.717) is 13.0 Å². The van der Waals surface area contributed by atoms with Gasteiger partial charge in [-0.1, -0.05) is 17.7 Å². The van der Waals surface area contributed by atoms with Crippen LogP contribution in [0.1, 0.15) is 25.0 Å². The fourth-order valence-corrected chi connectivity index (χ4v) is 3.40. The van der Waals surface area contributed by atoms with Crippen LogP contribution in [0, 0.1) is 6.92 Å². The lowest BCUT2D eigenvalue weighted by Gasteiger charge is -2.33. The molecule has 0 radical (unpaired) electrons. The summed E-state index contributed by atoms with van der Waals surface area (Å²) < 4.78 is 32.6. The Hall–Kier alpha value is -1.07. The molecule has 0 aromatic heterocycles. The Labute approximate surface area is 102 Å². The Bertz CT molecular complexity index is 553. The number of hydrogen-bond acceptors (Lipinski definition) is 3. The average Bonchev–Trinajstić information content (AvgIpc) is 2.49. The Morgan fingerprint density at radius 1 is 1.47 bits per heavy atom. The molecule has 0 saturated carbocycles. The summed E-state index contributed by atoms with van der Waals surface area (Å²) in [6.45, 7) is 5.98. The fraction of sp³-hybridized carbons (Fsp3) is 0.500. The van der Waals surface area contributed by atoms with E-state index >= 15 is 0 Å². The van der Waals surface area contributed by atoms with E-state index in [9.17, 15) is 13.0 Å². The molecule has 1 aliphatic rings. The van der Waals surface area contributed by atoms with E-state index in [1.807, 2.05) is 32.0 Å². The van der Waals surface area contributed by atoms with Crippen LogP contribution in [0.2, 0.25) is 0 Å². The smallest absolute Gasteiger partial charge is 0.289 e. The van der Waals surface area contributed by atoms with Gasteiger partial charge in [-0.15, -0.1) is 0 Å². The molecule has 94 valence electrons. The van der Waals surface area contributed by atoms with Crippen LogP contribution < -0.4 is 4.90 Å². The summed E-state index contributed by atoms with van der Waals surface area (Å²) in [4.78, 5) is 0.509. The molecule has 0 amide bonds. The Kier molecular flexibility index (Phi) is 2.71. The van der Waals surface area contributed by atoms with Crippen LogP contribution in [-0.4, -0.2) is 24.4 Å². The first-order chi connectivity index (χ1) is 7.79. The van der Waals surface area contributed by atoms with Crippen molar-refractivity contribution in [1.82, 2.24) is 0 Å². The zero-order chi connectivity index (χ0) is 12.8. The number of benzene rings is 1. The molecule has 0 aliphatic carbocycles. The van der Waals surface area contributed by atoms with Gasteiger partial charge in [0.25, 0.3) is 10.1 Å². The molecular formula is C12H17NO3S. The fourth-order valence-electron chi connectivity index (χ4n) is 2.56. The highest BCUT2D eigenvalue weighted by Crippen LogP contribution is 2.41. The number of fused-ring (bicyclic) bond motifs is 1. The summed E-state index contributed by atoms with van der Waals surface area (Å²) in [6.07, 6.45) is 0.330. The van der Waals surface area contributed by atoms with Gasteiger partial charge in [-0.3, -0.25) is 4.55 Å². The summed E-state index contributed by atoms with van der Waals surface area (Å²) in [6, 6.07) is 5.86. The van der Waals surface area contributed by atoms with Crippen molar-refractivity contribution in [3.05, 3.63) is 29.3 Å². The summed E-state index contributed by atoms with van der Waals surface area (Å²) in [7, 11) is -4.12. The van der Waals surface area contributed by atoms with Gasteiger partial charge >= 0.3 is 0 Å². The molecule has 1 N–H and O–H groups in total. The van der Waals surface area contributed by atoms with E-state index in [0.717, 1.165) is 16.8 Å². The minimum Gasteiger partial charge on any atom is -0.351 e. The molecular weight excluding hydrogens is 238 g/mol. The lowest BCUT2D eigenvalue weighted by atomic mass is 10.1. The first kappa shape index (κ1) is 12.4. The van der Waals surface area contributed by atoms with Gasteiger partial charge in [0.2, 0.25) is 0 Å². The zero-order valence-electron chi connectivity index (χ0n) is 10.3. The minimum absolute atomic E-state index is 0.330. The topological polar surface area (TPSA) is 57.6 Å². The maximum atomic E-state index is 11.6. The molecule has 0 saturated heterocycles. The molecule has 1 aliphatic heterocycles. The van der Waals surface area contributed by atoms with Gasteiger partial charge in [0, 0.05) is 18.7 Å². The third-order valence-electron chi connectivity index (χ3n) is 3.49. The van der Waals surface area contributed by atoms with Crippen molar-refractivity contribution in [3.63, 3.8) is 0 Å². The molecule has 5 heteroatoms. The summed E-state index contributed by atoms with van der Waals surface area (Å²) in [5, 5.41) is 0. The maximum absolute atomic E-state index is 11.6. The van der Waals surface area contributed by atoms with Crippen LogP contribution >= 0.6 is 0 Å². The molecule has 1 unspecified atom stereocenters. The van der Waals surface area contributed by atoms with Gasteiger partial charge < -0.3 is 4.90 Å². The third-order valence-corrected chi connectivity index (χ3v) is 4.96. The molecule has 17 heavy (non-hydrogen) atoms. The molecule has 1 atom stereocenters. The monoisotopic (exact) mass is 255 g/mol. The number of hydrogen-bond donors (Lipinski definition) is 1. The number of aryl methyl sites for hydroxylation is 1. The largest absolute Gasteiger partial charge is 0.351 e. The van der Waals surface area contributed by atoms with Crippen LogP contribution in [-0.2, 0) is 16.5 Å². The number of nitrogens with zero attached hydrogens (tertiary/aromatic N) is 1. The lowest BCUT2D eigenvalue weighted by Crippen LogP contribution is -2.50. The number of anilines is 1. The van der Waals surface area contributed by atoms with Crippen LogP contribution in [0.15, 0.2) is 18.2 Å². The van der Waals surface area contributed by atoms with E-state index in [-0.39, 0.29) is 0 Å². The van der Waals surface area contributed by atoms with Crippen molar-refractivity contribution in [1.29, 1.82) is 0 Å². The van der Waals surface area contributed by atoms with E-state index in [1.165, 1.54) is 0 Å². The van der Waals surface area contributed by atoms with Crippen LogP contribution in [0.25, 0.3) is 0 Å². The molecule has 1 heterocycles. The molecule has 1 aromatic carbocycles. The predicted molar refractivity (Wildman–Crippen MR) is 67.9 cm³/mol. The quantitative estimate of drug-likeness (QED) is 0.821. The van der Waals surface area contributed by atoms with E-state index in [1.54, 1.807) is 11.8 Å². The van der Waals surface area contributed by atoms with Gasteiger partial charge in [-0.2, -0.15) is 8.42 Å². The second-order valence-electron chi connectivity index (χ2n) is 4.70. The van der Waals surface area contributed by atoms with Crippen molar-refractivity contribution < 1.29 is 13.0 Å². The Morgan fingerprint density at radius 2 is 2.12 bits per heavy atom. The van der Waals surface area contributed by atoms with Gasteiger partial charge in [0.1, 0.15) is 0 Å². The zero-order valence-corrected chi connectivity index (χ0v) is 11.1. The molecule has 4 nitrogen and oxygen atoms in total.